The van der Waals surface area contributed by atoms with Crippen LogP contribution in [0.2, 0.25) is 0 Å². The van der Waals surface area contributed by atoms with E-state index in [0.29, 0.717) is 5.92 Å². The number of fused-ring (bicyclic) bond motifs is 1. The van der Waals surface area contributed by atoms with Crippen LogP contribution in [0.5, 0.6) is 0 Å². The third-order valence-corrected chi connectivity index (χ3v) is 2.91. The van der Waals surface area contributed by atoms with Crippen molar-refractivity contribution >= 4 is 10.9 Å². The van der Waals surface area contributed by atoms with Gasteiger partial charge in [0.2, 0.25) is 0 Å². The van der Waals surface area contributed by atoms with Gasteiger partial charge in [-0.25, -0.2) is 0 Å². The molecule has 7 heteroatoms. The fourth-order valence-corrected chi connectivity index (χ4v) is 2.17. The van der Waals surface area contributed by atoms with E-state index in [-0.39, 0.29) is 216 Å². The fraction of sp³-hybridized carbons (Fsp3) is 0.600. The predicted molar refractivity (Wildman–Crippen MR) is 164 cm³/mol. The average Bonchev–Trinajstić information content (AvgIpc) is 3.02. The standard InChI is InChI=1S/C14H19N2.C3H8.3C2H6.3CH4.4CH3.5Y/c1-5-11-6-7-12-9-15-16(4)14(12)13(11)8-10(2)3;1-3-2;3*1-2;;;;;;;;;;;;/h6-10H,5H2,1-4H3;3H2,1-2H3;3*1-2H3;3*1H4;4*1H3;;;;;/q-1;;;;;;;;4*-1;;;;;+3. The topological polar surface area (TPSA) is 17.8 Å². The molecule has 0 aliphatic rings. The van der Waals surface area contributed by atoms with Gasteiger partial charge in [-0.3, -0.25) is 0 Å². The number of aryl methyl sites for hydroxylation is 2. The van der Waals surface area contributed by atoms with Gasteiger partial charge in [-0.15, -0.1) is 11.6 Å². The summed E-state index contributed by atoms with van der Waals surface area (Å²) in [5, 5.41) is 5.56. The Morgan fingerprint density at radius 2 is 1.08 bits per heavy atom. The van der Waals surface area contributed by atoms with Crippen LogP contribution in [0.25, 0.3) is 10.9 Å². The molecule has 0 unspecified atom stereocenters. The van der Waals surface area contributed by atoms with E-state index in [1.54, 1.807) is 0 Å². The van der Waals surface area contributed by atoms with E-state index in [4.69, 9.17) is 0 Å². The van der Waals surface area contributed by atoms with Gasteiger partial charge in [-0.05, 0) is 10.9 Å². The first kappa shape index (κ1) is 97.0. The minimum atomic E-state index is 0. The zero-order valence-corrected chi connectivity index (χ0v) is 40.3. The SMILES string of the molecule is C.C.C.CC.CC.CC.CCC.CCc1ccc2cnn(C)c2c1[CH-]C(C)C.[CH3-].[CH3-].[CH3-].[CH3-].[Y+3].[Y].[Y].[Y].[Y]. The molecule has 0 bridgehead atoms. The van der Waals surface area contributed by atoms with Gasteiger partial charge in [0.05, 0.1) is 0 Å². The molecular formula is C30H69N2Y5-2. The molecule has 0 fully saturated rings. The van der Waals surface area contributed by atoms with Gasteiger partial charge in [-0.2, -0.15) is 17.1 Å². The Hall–Kier alpha value is 4.08. The molecule has 1 aromatic carbocycles. The maximum absolute atomic E-state index is 4.34. The van der Waals surface area contributed by atoms with Crippen molar-refractivity contribution < 1.29 is 164 Å². The number of benzene rings is 1. The van der Waals surface area contributed by atoms with Crippen LogP contribution in [0.3, 0.4) is 0 Å². The molecule has 216 valence electrons. The summed E-state index contributed by atoms with van der Waals surface area (Å²) in [6.07, 6.45) is 6.59. The van der Waals surface area contributed by atoms with Gasteiger partial charge in [0, 0.05) is 144 Å². The summed E-state index contributed by atoms with van der Waals surface area (Å²) >= 11 is 0. The largest absolute Gasteiger partial charge is 3.00 e. The molecular weight excluding hydrogens is 833 g/mol. The second kappa shape index (κ2) is 72.4. The molecule has 2 nitrogen and oxygen atoms in total. The molecule has 0 amide bonds. The van der Waals surface area contributed by atoms with Crippen molar-refractivity contribution in [1.82, 2.24) is 9.78 Å². The molecule has 0 atom stereocenters. The second-order valence-electron chi connectivity index (χ2n) is 5.32. The third-order valence-electron chi connectivity index (χ3n) is 2.91. The van der Waals surface area contributed by atoms with E-state index in [1.165, 1.54) is 28.5 Å². The maximum atomic E-state index is 4.34. The number of rotatable bonds is 3. The summed E-state index contributed by atoms with van der Waals surface area (Å²) in [7, 11) is 2.01. The van der Waals surface area contributed by atoms with Crippen molar-refractivity contribution in [3.63, 3.8) is 0 Å². The number of nitrogens with zero attached hydrogens (tertiary/aromatic N) is 2. The van der Waals surface area contributed by atoms with Crippen LogP contribution in [0, 0.1) is 42.0 Å². The normalized spacial score (nSPS) is 5.86. The summed E-state index contributed by atoms with van der Waals surface area (Å²) in [4.78, 5) is 0. The smallest absolute Gasteiger partial charge is 0.358 e. The van der Waals surface area contributed by atoms with E-state index in [9.17, 15) is 0 Å². The van der Waals surface area contributed by atoms with Crippen LogP contribution in [-0.4, -0.2) is 9.78 Å². The van der Waals surface area contributed by atoms with Crippen molar-refractivity contribution in [2.45, 2.75) is 111 Å². The fourth-order valence-electron chi connectivity index (χ4n) is 2.17. The van der Waals surface area contributed by atoms with Crippen LogP contribution >= 0.6 is 0 Å². The Kier molecular flexibility index (Phi) is 190. The van der Waals surface area contributed by atoms with E-state index in [2.05, 4.69) is 58.3 Å². The Bertz CT molecular complexity index is 532. The van der Waals surface area contributed by atoms with Gasteiger partial charge >= 0.3 is 32.7 Å². The minimum absolute atomic E-state index is 0. The van der Waals surface area contributed by atoms with Crippen LogP contribution in [0.15, 0.2) is 18.3 Å². The Balaban J connectivity index is -0.0000000161. The van der Waals surface area contributed by atoms with Crippen molar-refractivity contribution in [1.29, 1.82) is 0 Å². The van der Waals surface area contributed by atoms with Gasteiger partial charge in [-0.1, -0.05) is 123 Å². The summed E-state index contributed by atoms with van der Waals surface area (Å²) < 4.78 is 1.97. The van der Waals surface area contributed by atoms with E-state index in [0.717, 1.165) is 6.42 Å². The quantitative estimate of drug-likeness (QED) is 0.281. The van der Waals surface area contributed by atoms with Crippen molar-refractivity contribution in [2.24, 2.45) is 13.0 Å². The van der Waals surface area contributed by atoms with Crippen molar-refractivity contribution in [3.8, 4) is 0 Å². The molecule has 0 N–H and O–H groups in total. The first-order valence-electron chi connectivity index (χ1n) is 10.3. The van der Waals surface area contributed by atoms with Gasteiger partial charge < -0.3 is 34.4 Å². The molecule has 1 heterocycles. The number of hydrogen-bond acceptors (Lipinski definition) is 1. The third kappa shape index (κ3) is 44.6. The number of hydrogen-bond donors (Lipinski definition) is 0. The molecule has 0 saturated heterocycles. The van der Waals surface area contributed by atoms with E-state index >= 15 is 0 Å². The van der Waals surface area contributed by atoms with Crippen LogP contribution < -0.4 is 0 Å². The first-order chi connectivity index (χ1) is 12.0. The molecule has 0 aliphatic heterocycles. The molecule has 0 aliphatic carbocycles. The maximum Gasteiger partial charge on any atom is 3.00 e. The molecule has 2 aromatic rings. The number of aromatic nitrogens is 2. The molecule has 4 radical (unpaired) electrons. The van der Waals surface area contributed by atoms with E-state index in [1.807, 2.05) is 59.5 Å². The van der Waals surface area contributed by atoms with Crippen LogP contribution in [0.1, 0.15) is 116 Å². The Labute approximate surface area is 367 Å². The second-order valence-corrected chi connectivity index (χ2v) is 5.32. The molecule has 2 rings (SSSR count). The predicted octanol–water partition coefficient (Wildman–Crippen LogP) is 11.5. The average molecular weight is 902 g/mol. The summed E-state index contributed by atoms with van der Waals surface area (Å²) in [6.45, 7) is 22.9. The van der Waals surface area contributed by atoms with Gasteiger partial charge in [0.15, 0.2) is 0 Å². The van der Waals surface area contributed by atoms with Crippen molar-refractivity contribution in [2.75, 3.05) is 0 Å². The summed E-state index contributed by atoms with van der Waals surface area (Å²) in [5.74, 6) is 0.561. The molecule has 1 aromatic heterocycles. The Morgan fingerprint density at radius 3 is 1.35 bits per heavy atom. The van der Waals surface area contributed by atoms with Gasteiger partial charge in [0.1, 0.15) is 0 Å². The monoisotopic (exact) mass is 902 g/mol. The van der Waals surface area contributed by atoms with E-state index < -0.39 is 0 Å². The summed E-state index contributed by atoms with van der Waals surface area (Å²) in [6, 6.07) is 4.39. The zero-order valence-electron chi connectivity index (χ0n) is 26.1. The Morgan fingerprint density at radius 1 is 0.757 bits per heavy atom. The van der Waals surface area contributed by atoms with Crippen LogP contribution in [0.4, 0.5) is 0 Å². The molecule has 0 saturated carbocycles. The summed E-state index contributed by atoms with van der Waals surface area (Å²) in [5.41, 5.74) is 4.02. The minimum Gasteiger partial charge on any atom is -0.358 e. The van der Waals surface area contributed by atoms with Crippen LogP contribution in [-0.2, 0) is 177 Å². The van der Waals surface area contributed by atoms with Crippen molar-refractivity contribution in [3.05, 3.63) is 65.6 Å². The zero-order chi connectivity index (χ0) is 20.4. The molecule has 0 spiro atoms. The molecule has 37 heavy (non-hydrogen) atoms. The first-order valence-corrected chi connectivity index (χ1v) is 10.3. The van der Waals surface area contributed by atoms with Gasteiger partial charge in [0.25, 0.3) is 0 Å².